The Morgan fingerprint density at radius 2 is 1.94 bits per heavy atom. The van der Waals surface area contributed by atoms with Crippen molar-refractivity contribution in [3.63, 3.8) is 0 Å². The monoisotopic (exact) mass is 278 g/mol. The van der Waals surface area contributed by atoms with Gasteiger partial charge in [-0.1, -0.05) is 29.3 Å². The van der Waals surface area contributed by atoms with E-state index in [9.17, 15) is 0 Å². The van der Waals surface area contributed by atoms with Crippen LogP contribution in [0.5, 0.6) is 0 Å². The van der Waals surface area contributed by atoms with Crippen LogP contribution in [0.15, 0.2) is 36.5 Å². The van der Waals surface area contributed by atoms with Gasteiger partial charge in [0.05, 0.1) is 10.7 Å². The summed E-state index contributed by atoms with van der Waals surface area (Å²) < 4.78 is 1.83. The van der Waals surface area contributed by atoms with Gasteiger partial charge in [-0.25, -0.2) is 0 Å². The van der Waals surface area contributed by atoms with Gasteiger partial charge in [0.1, 0.15) is 0 Å². The van der Waals surface area contributed by atoms with E-state index in [1.807, 2.05) is 28.8 Å². The number of nitrogens with two attached hydrogens (primary N) is 1. The first-order chi connectivity index (χ1) is 8.66. The maximum absolute atomic E-state index is 6.02. The van der Waals surface area contributed by atoms with Gasteiger partial charge in [0.15, 0.2) is 11.5 Å². The molecule has 1 aromatic carbocycles. The molecule has 6 heteroatoms. The first-order valence-electron chi connectivity index (χ1n) is 5.21. The predicted molar refractivity (Wildman–Crippen MR) is 72.9 cm³/mol. The SMILES string of the molecule is Nc1c(Cl)cc(Cl)cc1-c1nnc2ccccn12. The number of nitrogen functional groups attached to an aromatic ring is 1. The molecule has 0 spiro atoms. The molecule has 0 aliphatic rings. The minimum absolute atomic E-state index is 0.408. The van der Waals surface area contributed by atoms with Crippen molar-refractivity contribution in [1.29, 1.82) is 0 Å². The summed E-state index contributed by atoms with van der Waals surface area (Å²) in [6, 6.07) is 8.97. The van der Waals surface area contributed by atoms with Gasteiger partial charge in [0, 0.05) is 16.8 Å². The van der Waals surface area contributed by atoms with Crippen LogP contribution >= 0.6 is 23.2 Å². The molecule has 0 unspecified atom stereocenters. The number of pyridine rings is 1. The Hall–Kier alpha value is -1.78. The molecule has 90 valence electrons. The second-order valence-corrected chi connectivity index (χ2v) is 4.64. The molecule has 3 aromatic rings. The highest BCUT2D eigenvalue weighted by atomic mass is 35.5. The molecule has 0 amide bonds. The summed E-state index contributed by atoms with van der Waals surface area (Å²) in [4.78, 5) is 0. The number of aromatic nitrogens is 3. The van der Waals surface area contributed by atoms with Crippen molar-refractivity contribution < 1.29 is 0 Å². The highest BCUT2D eigenvalue weighted by molar-refractivity contribution is 6.37. The number of nitrogens with zero attached hydrogens (tertiary/aromatic N) is 3. The van der Waals surface area contributed by atoms with E-state index in [1.54, 1.807) is 12.1 Å². The molecule has 0 aliphatic carbocycles. The molecule has 2 N–H and O–H groups in total. The number of fused-ring (bicyclic) bond motifs is 1. The van der Waals surface area contributed by atoms with E-state index < -0.39 is 0 Å². The van der Waals surface area contributed by atoms with Crippen LogP contribution in [0.4, 0.5) is 5.69 Å². The molecule has 4 nitrogen and oxygen atoms in total. The van der Waals surface area contributed by atoms with Crippen LogP contribution in [0.25, 0.3) is 17.0 Å². The fraction of sp³-hybridized carbons (Fsp3) is 0. The number of halogens is 2. The largest absolute Gasteiger partial charge is 0.397 e. The van der Waals surface area contributed by atoms with E-state index in [-0.39, 0.29) is 0 Å². The Balaban J connectivity index is 2.33. The van der Waals surface area contributed by atoms with Crippen molar-refractivity contribution in [2.75, 3.05) is 5.73 Å². The number of rotatable bonds is 1. The van der Waals surface area contributed by atoms with Gasteiger partial charge < -0.3 is 5.73 Å². The lowest BCUT2D eigenvalue weighted by molar-refractivity contribution is 1.11. The second-order valence-electron chi connectivity index (χ2n) is 3.80. The van der Waals surface area contributed by atoms with E-state index in [1.165, 1.54) is 0 Å². The highest BCUT2D eigenvalue weighted by Gasteiger charge is 2.13. The van der Waals surface area contributed by atoms with Gasteiger partial charge >= 0.3 is 0 Å². The lowest BCUT2D eigenvalue weighted by Crippen LogP contribution is -1.95. The van der Waals surface area contributed by atoms with Crippen molar-refractivity contribution >= 4 is 34.5 Å². The topological polar surface area (TPSA) is 56.2 Å². The molecule has 0 saturated heterocycles. The van der Waals surface area contributed by atoms with Crippen molar-refractivity contribution in [3.8, 4) is 11.4 Å². The standard InChI is InChI=1S/C12H8Cl2N4/c13-7-5-8(11(15)9(14)6-7)12-17-16-10-3-1-2-4-18(10)12/h1-6H,15H2. The summed E-state index contributed by atoms with van der Waals surface area (Å²) in [7, 11) is 0. The first kappa shape index (κ1) is 11.3. The van der Waals surface area contributed by atoms with E-state index in [0.29, 0.717) is 27.1 Å². The normalized spacial score (nSPS) is 11.0. The number of hydrogen-bond donors (Lipinski definition) is 1. The maximum atomic E-state index is 6.02. The van der Waals surface area contributed by atoms with Gasteiger partial charge in [0.25, 0.3) is 0 Å². The molecular formula is C12H8Cl2N4. The van der Waals surface area contributed by atoms with E-state index in [2.05, 4.69) is 10.2 Å². The molecule has 0 fully saturated rings. The minimum atomic E-state index is 0.408. The van der Waals surface area contributed by atoms with Gasteiger partial charge in [-0.3, -0.25) is 4.40 Å². The highest BCUT2D eigenvalue weighted by Crippen LogP contribution is 2.33. The third-order valence-corrected chi connectivity index (χ3v) is 3.18. The van der Waals surface area contributed by atoms with Gasteiger partial charge in [0.2, 0.25) is 0 Å². The summed E-state index contributed by atoms with van der Waals surface area (Å²) in [5.41, 5.74) is 7.82. The lowest BCUT2D eigenvalue weighted by Gasteiger charge is -2.06. The number of hydrogen-bond acceptors (Lipinski definition) is 3. The third-order valence-electron chi connectivity index (χ3n) is 2.65. The molecule has 0 aliphatic heterocycles. The van der Waals surface area contributed by atoms with Crippen LogP contribution in [0.2, 0.25) is 10.0 Å². The van der Waals surface area contributed by atoms with Gasteiger partial charge in [-0.15, -0.1) is 10.2 Å². The van der Waals surface area contributed by atoms with E-state index in [4.69, 9.17) is 28.9 Å². The quantitative estimate of drug-likeness (QED) is 0.695. The van der Waals surface area contributed by atoms with E-state index in [0.717, 1.165) is 5.65 Å². The molecule has 2 heterocycles. The number of anilines is 1. The average molecular weight is 279 g/mol. The molecule has 0 radical (unpaired) electrons. The Labute approximate surface area is 113 Å². The molecular weight excluding hydrogens is 271 g/mol. The van der Waals surface area contributed by atoms with Crippen molar-refractivity contribution in [2.24, 2.45) is 0 Å². The number of benzene rings is 1. The summed E-state index contributed by atoms with van der Waals surface area (Å²) in [5.74, 6) is 0.618. The zero-order valence-electron chi connectivity index (χ0n) is 9.14. The third kappa shape index (κ3) is 1.70. The molecule has 3 rings (SSSR count). The van der Waals surface area contributed by atoms with Gasteiger partial charge in [-0.2, -0.15) is 0 Å². The molecule has 18 heavy (non-hydrogen) atoms. The van der Waals surface area contributed by atoms with Crippen LogP contribution < -0.4 is 5.73 Å². The molecule has 2 aromatic heterocycles. The summed E-state index contributed by atoms with van der Waals surface area (Å²) in [6.45, 7) is 0. The van der Waals surface area contributed by atoms with Crippen LogP contribution in [0.1, 0.15) is 0 Å². The van der Waals surface area contributed by atoms with Crippen LogP contribution in [0, 0.1) is 0 Å². The maximum Gasteiger partial charge on any atom is 0.170 e. The fourth-order valence-corrected chi connectivity index (χ4v) is 2.29. The zero-order chi connectivity index (χ0) is 12.7. The summed E-state index contributed by atoms with van der Waals surface area (Å²) >= 11 is 12.0. The summed E-state index contributed by atoms with van der Waals surface area (Å²) in [5, 5.41) is 9.11. The zero-order valence-corrected chi connectivity index (χ0v) is 10.7. The van der Waals surface area contributed by atoms with Crippen LogP contribution in [0.3, 0.4) is 0 Å². The lowest BCUT2D eigenvalue weighted by atomic mass is 10.1. The first-order valence-corrected chi connectivity index (χ1v) is 5.97. The Kier molecular flexibility index (Phi) is 2.61. The Morgan fingerprint density at radius 1 is 1.11 bits per heavy atom. The van der Waals surface area contributed by atoms with Gasteiger partial charge in [-0.05, 0) is 24.3 Å². The minimum Gasteiger partial charge on any atom is -0.397 e. The molecule has 0 bridgehead atoms. The second kappa shape index (κ2) is 4.15. The van der Waals surface area contributed by atoms with E-state index >= 15 is 0 Å². The van der Waals surface area contributed by atoms with Crippen LogP contribution in [-0.4, -0.2) is 14.6 Å². The van der Waals surface area contributed by atoms with Crippen molar-refractivity contribution in [1.82, 2.24) is 14.6 Å². The van der Waals surface area contributed by atoms with Crippen LogP contribution in [-0.2, 0) is 0 Å². The molecule has 0 saturated carbocycles. The summed E-state index contributed by atoms with van der Waals surface area (Å²) in [6.07, 6.45) is 1.86. The smallest absolute Gasteiger partial charge is 0.170 e. The van der Waals surface area contributed by atoms with Crippen molar-refractivity contribution in [3.05, 3.63) is 46.6 Å². The fourth-order valence-electron chi connectivity index (χ4n) is 1.79. The van der Waals surface area contributed by atoms with Crippen molar-refractivity contribution in [2.45, 2.75) is 0 Å². The molecule has 0 atom stereocenters. The Bertz CT molecular complexity index is 736. The predicted octanol–water partition coefficient (Wildman–Crippen LogP) is 3.29. The average Bonchev–Trinajstić information content (AvgIpc) is 2.77. The Morgan fingerprint density at radius 3 is 2.78 bits per heavy atom.